The molecule has 1 N–H and O–H groups in total. The van der Waals surface area contributed by atoms with Crippen LogP contribution in [-0.4, -0.2) is 17.7 Å². The molecule has 1 aliphatic rings. The van der Waals surface area contributed by atoms with E-state index in [0.29, 0.717) is 19.1 Å². The van der Waals surface area contributed by atoms with Crippen LogP contribution in [0.2, 0.25) is 0 Å². The van der Waals surface area contributed by atoms with Gasteiger partial charge in [0.15, 0.2) is 5.67 Å². The molecular weight excluding hydrogens is 133 g/mol. The molecule has 1 rings (SSSR count). The van der Waals surface area contributed by atoms with Gasteiger partial charge in [-0.25, -0.2) is 4.39 Å². The van der Waals surface area contributed by atoms with E-state index in [0.717, 1.165) is 12.8 Å². The highest BCUT2D eigenvalue weighted by molar-refractivity contribution is 6.30. The van der Waals surface area contributed by atoms with Crippen molar-refractivity contribution in [3.8, 4) is 0 Å². The fourth-order valence-corrected chi connectivity index (χ4v) is 1.31. The maximum absolute atomic E-state index is 13.2. The minimum atomic E-state index is -1.68. The van der Waals surface area contributed by atoms with Crippen LogP contribution in [0, 0.1) is 5.41 Å². The molecule has 0 radical (unpaired) electrons. The summed E-state index contributed by atoms with van der Waals surface area (Å²) >= 11 is 0. The van der Waals surface area contributed by atoms with Crippen LogP contribution in [0.1, 0.15) is 25.7 Å². The molecule has 56 valence electrons. The van der Waals surface area contributed by atoms with E-state index in [9.17, 15) is 9.18 Å². The van der Waals surface area contributed by atoms with Gasteiger partial charge in [-0.05, 0) is 25.7 Å². The minimum absolute atomic E-state index is 0.307. The Morgan fingerprint density at radius 1 is 1.50 bits per heavy atom. The van der Waals surface area contributed by atoms with Crippen LogP contribution in [0.15, 0.2) is 0 Å². The van der Waals surface area contributed by atoms with E-state index in [4.69, 9.17) is 5.41 Å². The van der Waals surface area contributed by atoms with E-state index < -0.39 is 11.5 Å². The third kappa shape index (κ3) is 1.08. The topological polar surface area (TPSA) is 40.9 Å². The van der Waals surface area contributed by atoms with Crippen LogP contribution in [0.25, 0.3) is 0 Å². The minimum Gasteiger partial charge on any atom is -0.305 e. The van der Waals surface area contributed by atoms with Crippen molar-refractivity contribution in [1.82, 2.24) is 0 Å². The summed E-state index contributed by atoms with van der Waals surface area (Å²) in [6.45, 7) is 0. The van der Waals surface area contributed by atoms with Crippen LogP contribution >= 0.6 is 0 Å². The lowest BCUT2D eigenvalue weighted by Crippen LogP contribution is -2.30. The van der Waals surface area contributed by atoms with Crippen molar-refractivity contribution in [2.45, 2.75) is 31.4 Å². The molecule has 0 saturated heterocycles. The third-order valence-corrected chi connectivity index (χ3v) is 1.97. The summed E-state index contributed by atoms with van der Waals surface area (Å²) in [5.41, 5.74) is -1.68. The van der Waals surface area contributed by atoms with Gasteiger partial charge in [-0.15, -0.1) is 0 Å². The number of hydrogen-bond donors (Lipinski definition) is 1. The Hall–Kier alpha value is -0.730. The van der Waals surface area contributed by atoms with Crippen molar-refractivity contribution in [1.29, 1.82) is 5.41 Å². The Morgan fingerprint density at radius 2 is 2.00 bits per heavy atom. The first kappa shape index (κ1) is 7.38. The second-order valence-corrected chi connectivity index (χ2v) is 2.68. The highest BCUT2D eigenvalue weighted by Gasteiger charge is 2.39. The zero-order valence-corrected chi connectivity index (χ0v) is 5.69. The molecular formula is C7H10FNO. The fourth-order valence-electron chi connectivity index (χ4n) is 1.31. The second kappa shape index (κ2) is 2.48. The van der Waals surface area contributed by atoms with E-state index in [1.165, 1.54) is 0 Å². The largest absolute Gasteiger partial charge is 0.305 e. The van der Waals surface area contributed by atoms with Crippen LogP contribution in [-0.2, 0) is 4.79 Å². The van der Waals surface area contributed by atoms with Crippen molar-refractivity contribution in [3.05, 3.63) is 0 Å². The molecule has 3 heteroatoms. The predicted octanol–water partition coefficient (Wildman–Crippen LogP) is 1.49. The molecule has 0 unspecified atom stereocenters. The highest BCUT2D eigenvalue weighted by atomic mass is 19.1. The third-order valence-electron chi connectivity index (χ3n) is 1.97. The number of hydrogen-bond acceptors (Lipinski definition) is 2. The number of rotatable bonds is 2. The van der Waals surface area contributed by atoms with E-state index in [1.54, 1.807) is 0 Å². The Bertz CT molecular complexity index is 161. The molecule has 10 heavy (non-hydrogen) atoms. The SMILES string of the molecule is N=CC(=O)C1(F)CCCC1. The number of carbonyl (C=O) groups excluding carboxylic acids is 1. The number of ketones is 1. The van der Waals surface area contributed by atoms with Crippen LogP contribution < -0.4 is 0 Å². The monoisotopic (exact) mass is 143 g/mol. The lowest BCUT2D eigenvalue weighted by atomic mass is 10.00. The molecule has 0 amide bonds. The van der Waals surface area contributed by atoms with Gasteiger partial charge in [-0.1, -0.05) is 0 Å². The number of nitrogens with one attached hydrogen (secondary N) is 1. The van der Waals surface area contributed by atoms with Gasteiger partial charge in [0.2, 0.25) is 5.78 Å². The van der Waals surface area contributed by atoms with Crippen molar-refractivity contribution in [2.24, 2.45) is 0 Å². The van der Waals surface area contributed by atoms with Gasteiger partial charge in [-0.3, -0.25) is 4.79 Å². The van der Waals surface area contributed by atoms with E-state index in [-0.39, 0.29) is 0 Å². The number of halogens is 1. The zero-order valence-electron chi connectivity index (χ0n) is 5.69. The molecule has 1 aliphatic carbocycles. The van der Waals surface area contributed by atoms with Crippen molar-refractivity contribution < 1.29 is 9.18 Å². The van der Waals surface area contributed by atoms with Gasteiger partial charge in [0.1, 0.15) is 0 Å². The normalized spacial score (nSPS) is 22.5. The van der Waals surface area contributed by atoms with Gasteiger partial charge < -0.3 is 5.41 Å². The lowest BCUT2D eigenvalue weighted by molar-refractivity contribution is -0.122. The standard InChI is InChI=1S/C7H10FNO/c8-7(6(10)5-9)3-1-2-4-7/h5,9H,1-4H2. The van der Waals surface area contributed by atoms with E-state index in [2.05, 4.69) is 0 Å². The second-order valence-electron chi connectivity index (χ2n) is 2.68. The van der Waals surface area contributed by atoms with Crippen molar-refractivity contribution in [3.63, 3.8) is 0 Å². The molecule has 0 aromatic heterocycles. The fraction of sp³-hybridized carbons (Fsp3) is 0.714. The van der Waals surface area contributed by atoms with Gasteiger partial charge in [-0.2, -0.15) is 0 Å². The summed E-state index contributed by atoms with van der Waals surface area (Å²) in [4.78, 5) is 10.7. The summed E-state index contributed by atoms with van der Waals surface area (Å²) in [5.74, 6) is -0.662. The van der Waals surface area contributed by atoms with Gasteiger partial charge in [0.25, 0.3) is 0 Å². The predicted molar refractivity (Wildman–Crippen MR) is 36.1 cm³/mol. The van der Waals surface area contributed by atoms with Crippen LogP contribution in [0.4, 0.5) is 4.39 Å². The molecule has 0 heterocycles. The summed E-state index contributed by atoms with van der Waals surface area (Å²) < 4.78 is 13.2. The van der Waals surface area contributed by atoms with Crippen molar-refractivity contribution >= 4 is 12.0 Å². The quantitative estimate of drug-likeness (QED) is 0.584. The molecule has 0 spiro atoms. The summed E-state index contributed by atoms with van der Waals surface area (Å²) in [6, 6.07) is 0. The molecule has 0 aliphatic heterocycles. The van der Waals surface area contributed by atoms with Gasteiger partial charge >= 0.3 is 0 Å². The average molecular weight is 143 g/mol. The first-order valence-corrected chi connectivity index (χ1v) is 3.43. The molecule has 2 nitrogen and oxygen atoms in total. The molecule has 0 atom stereocenters. The maximum Gasteiger partial charge on any atom is 0.210 e. The zero-order chi connectivity index (χ0) is 7.61. The first-order chi connectivity index (χ1) is 4.69. The molecule has 0 aromatic carbocycles. The number of alkyl halides is 1. The number of Topliss-reactive ketones (excluding diaryl/α,β-unsaturated/α-hetero) is 1. The molecule has 0 bridgehead atoms. The van der Waals surface area contributed by atoms with Crippen LogP contribution in [0.5, 0.6) is 0 Å². The highest BCUT2D eigenvalue weighted by Crippen LogP contribution is 2.33. The van der Waals surface area contributed by atoms with E-state index >= 15 is 0 Å². The Morgan fingerprint density at radius 3 is 2.40 bits per heavy atom. The summed E-state index contributed by atoms with van der Waals surface area (Å²) in [5, 5.41) is 6.58. The van der Waals surface area contributed by atoms with Crippen LogP contribution in [0.3, 0.4) is 0 Å². The lowest BCUT2D eigenvalue weighted by Gasteiger charge is -2.12. The Labute approximate surface area is 58.9 Å². The first-order valence-electron chi connectivity index (χ1n) is 3.43. The van der Waals surface area contributed by atoms with Gasteiger partial charge in [0, 0.05) is 0 Å². The average Bonchev–Trinajstić information content (AvgIpc) is 2.36. The van der Waals surface area contributed by atoms with E-state index in [1.807, 2.05) is 0 Å². The molecule has 1 fully saturated rings. The summed E-state index contributed by atoms with van der Waals surface area (Å²) in [6.07, 6.45) is 2.75. The Kier molecular flexibility index (Phi) is 1.83. The number of carbonyl (C=O) groups is 1. The maximum atomic E-state index is 13.2. The molecule has 1 saturated carbocycles. The summed E-state index contributed by atoms with van der Waals surface area (Å²) in [7, 11) is 0. The Balaban J connectivity index is 2.66. The van der Waals surface area contributed by atoms with Crippen molar-refractivity contribution in [2.75, 3.05) is 0 Å². The molecule has 0 aromatic rings. The van der Waals surface area contributed by atoms with Gasteiger partial charge in [0.05, 0.1) is 6.21 Å². The smallest absolute Gasteiger partial charge is 0.210 e.